The zero-order chi connectivity index (χ0) is 16.1. The van der Waals surface area contributed by atoms with Crippen molar-refractivity contribution >= 4 is 28.2 Å². The highest BCUT2D eigenvalue weighted by Crippen LogP contribution is 2.41. The third-order valence-corrected chi connectivity index (χ3v) is 5.29. The van der Waals surface area contributed by atoms with Crippen molar-refractivity contribution in [3.05, 3.63) is 16.0 Å². The molecule has 0 saturated heterocycles. The van der Waals surface area contributed by atoms with Crippen LogP contribution in [0.2, 0.25) is 0 Å². The maximum absolute atomic E-state index is 12.3. The lowest BCUT2D eigenvalue weighted by Crippen LogP contribution is -2.17. The zero-order valence-electron chi connectivity index (χ0n) is 13.7. The van der Waals surface area contributed by atoms with E-state index in [1.54, 1.807) is 18.3 Å². The van der Waals surface area contributed by atoms with Crippen molar-refractivity contribution in [3.8, 4) is 0 Å². The molecule has 1 amide bonds. The van der Waals surface area contributed by atoms with Crippen LogP contribution < -0.4 is 5.32 Å². The average Bonchev–Trinajstić information content (AvgIpc) is 2.84. The van der Waals surface area contributed by atoms with Gasteiger partial charge in [0.1, 0.15) is 5.00 Å². The van der Waals surface area contributed by atoms with Gasteiger partial charge in [-0.1, -0.05) is 26.7 Å². The molecule has 4 nitrogen and oxygen atoms in total. The van der Waals surface area contributed by atoms with E-state index in [1.165, 1.54) is 17.7 Å². The van der Waals surface area contributed by atoms with E-state index in [0.29, 0.717) is 29.5 Å². The van der Waals surface area contributed by atoms with Gasteiger partial charge in [0.05, 0.1) is 12.2 Å². The summed E-state index contributed by atoms with van der Waals surface area (Å²) in [6.07, 6.45) is 5.86. The maximum Gasteiger partial charge on any atom is 0.341 e. The Hall–Kier alpha value is -1.36. The Kier molecular flexibility index (Phi) is 6.00. The van der Waals surface area contributed by atoms with E-state index in [9.17, 15) is 9.59 Å². The van der Waals surface area contributed by atoms with Gasteiger partial charge in [0.15, 0.2) is 0 Å². The molecular formula is C17H25NO3S. The number of ether oxygens (including phenoxy) is 1. The minimum absolute atomic E-state index is 0.0609. The highest BCUT2D eigenvalue weighted by molar-refractivity contribution is 7.17. The molecular weight excluding hydrogens is 298 g/mol. The molecule has 0 spiro atoms. The highest BCUT2D eigenvalue weighted by atomic mass is 32.1. The molecule has 0 fully saturated rings. The van der Waals surface area contributed by atoms with E-state index in [4.69, 9.17) is 4.74 Å². The molecule has 0 radical (unpaired) electrons. The molecule has 5 heteroatoms. The molecule has 1 aliphatic rings. The Balaban J connectivity index is 2.32. The Morgan fingerprint density at radius 3 is 2.73 bits per heavy atom. The van der Waals surface area contributed by atoms with Gasteiger partial charge < -0.3 is 10.1 Å². The van der Waals surface area contributed by atoms with Crippen molar-refractivity contribution in [3.63, 3.8) is 0 Å². The molecule has 1 heterocycles. The summed E-state index contributed by atoms with van der Waals surface area (Å²) in [7, 11) is 0. The van der Waals surface area contributed by atoms with Crippen LogP contribution in [-0.2, 0) is 22.4 Å². The summed E-state index contributed by atoms with van der Waals surface area (Å²) in [5, 5.41) is 3.56. The molecule has 0 saturated carbocycles. The lowest BCUT2D eigenvalue weighted by atomic mass is 9.84. The number of amides is 1. The molecule has 122 valence electrons. The first-order valence-electron chi connectivity index (χ1n) is 8.22. The second kappa shape index (κ2) is 7.77. The van der Waals surface area contributed by atoms with E-state index in [1.807, 2.05) is 6.92 Å². The molecule has 1 aromatic rings. The summed E-state index contributed by atoms with van der Waals surface area (Å²) >= 11 is 1.56. The van der Waals surface area contributed by atoms with Crippen LogP contribution in [0, 0.1) is 5.92 Å². The van der Waals surface area contributed by atoms with Crippen LogP contribution in [0.1, 0.15) is 67.3 Å². The van der Waals surface area contributed by atoms with Gasteiger partial charge in [-0.2, -0.15) is 0 Å². The maximum atomic E-state index is 12.3. The predicted octanol–water partition coefficient (Wildman–Crippen LogP) is 4.18. The first kappa shape index (κ1) is 17.0. The lowest BCUT2D eigenvalue weighted by Gasteiger charge is -2.21. The van der Waals surface area contributed by atoms with Gasteiger partial charge in [0.2, 0.25) is 5.91 Å². The summed E-state index contributed by atoms with van der Waals surface area (Å²) in [5.41, 5.74) is 1.70. The summed E-state index contributed by atoms with van der Waals surface area (Å²) in [6.45, 7) is 6.17. The molecule has 1 atom stereocenters. The van der Waals surface area contributed by atoms with Crippen molar-refractivity contribution in [2.45, 2.75) is 59.3 Å². The van der Waals surface area contributed by atoms with Crippen molar-refractivity contribution in [1.29, 1.82) is 0 Å². The lowest BCUT2D eigenvalue weighted by molar-refractivity contribution is -0.115. The summed E-state index contributed by atoms with van der Waals surface area (Å²) < 4.78 is 5.20. The Labute approximate surface area is 136 Å². The van der Waals surface area contributed by atoms with E-state index in [2.05, 4.69) is 12.2 Å². The van der Waals surface area contributed by atoms with Gasteiger partial charge in [-0.05, 0) is 37.7 Å². The molecule has 0 aliphatic heterocycles. The van der Waals surface area contributed by atoms with Crippen LogP contribution >= 0.6 is 11.3 Å². The first-order valence-corrected chi connectivity index (χ1v) is 9.03. The average molecular weight is 323 g/mol. The van der Waals surface area contributed by atoms with E-state index < -0.39 is 0 Å². The molecule has 0 unspecified atom stereocenters. The van der Waals surface area contributed by atoms with Crippen LogP contribution in [0.15, 0.2) is 0 Å². The van der Waals surface area contributed by atoms with Crippen LogP contribution in [0.3, 0.4) is 0 Å². The zero-order valence-corrected chi connectivity index (χ0v) is 14.5. The van der Waals surface area contributed by atoms with Gasteiger partial charge in [-0.25, -0.2) is 4.79 Å². The van der Waals surface area contributed by atoms with Crippen molar-refractivity contribution in [2.75, 3.05) is 11.9 Å². The largest absolute Gasteiger partial charge is 0.462 e. The Morgan fingerprint density at radius 1 is 1.32 bits per heavy atom. The molecule has 2 rings (SSSR count). The molecule has 0 aromatic carbocycles. The molecule has 1 N–H and O–H groups in total. The number of hydrogen-bond donors (Lipinski definition) is 1. The monoisotopic (exact) mass is 323 g/mol. The second-order valence-electron chi connectivity index (χ2n) is 5.73. The van der Waals surface area contributed by atoms with Crippen LogP contribution in [-0.4, -0.2) is 18.5 Å². The SMILES string of the molecule is CCC[C@H]1CCc2c(sc(NC(=O)CC)c2C(=O)OCC)C1. The van der Waals surface area contributed by atoms with E-state index in [-0.39, 0.29) is 11.9 Å². The fourth-order valence-electron chi connectivity index (χ4n) is 3.03. The number of rotatable bonds is 6. The van der Waals surface area contributed by atoms with Crippen LogP contribution in [0.4, 0.5) is 5.00 Å². The number of carbonyl (C=O) groups is 2. The predicted molar refractivity (Wildman–Crippen MR) is 89.6 cm³/mol. The van der Waals surface area contributed by atoms with Gasteiger partial charge in [0.25, 0.3) is 0 Å². The molecule has 22 heavy (non-hydrogen) atoms. The van der Waals surface area contributed by atoms with E-state index >= 15 is 0 Å². The topological polar surface area (TPSA) is 55.4 Å². The third-order valence-electron chi connectivity index (χ3n) is 4.12. The van der Waals surface area contributed by atoms with Crippen LogP contribution in [0.5, 0.6) is 0 Å². The standard InChI is InChI=1S/C17H25NO3S/c1-4-7-11-8-9-12-13(10-11)22-16(18-14(19)5-2)15(12)17(20)21-6-3/h11H,4-10H2,1-3H3,(H,18,19)/t11-/m0/s1. The highest BCUT2D eigenvalue weighted by Gasteiger charge is 2.29. The normalized spacial score (nSPS) is 17.0. The van der Waals surface area contributed by atoms with Crippen molar-refractivity contribution in [2.24, 2.45) is 5.92 Å². The van der Waals surface area contributed by atoms with Gasteiger partial charge in [-0.15, -0.1) is 11.3 Å². The second-order valence-corrected chi connectivity index (χ2v) is 6.83. The molecule has 1 aliphatic carbocycles. The van der Waals surface area contributed by atoms with Gasteiger partial charge in [-0.3, -0.25) is 4.79 Å². The Bertz CT molecular complexity index is 550. The summed E-state index contributed by atoms with van der Waals surface area (Å²) in [4.78, 5) is 25.3. The number of carbonyl (C=O) groups excluding carboxylic acids is 2. The number of thiophene rings is 1. The summed E-state index contributed by atoms with van der Waals surface area (Å²) in [5.74, 6) is 0.329. The Morgan fingerprint density at radius 2 is 2.09 bits per heavy atom. The fraction of sp³-hybridized carbons (Fsp3) is 0.647. The van der Waals surface area contributed by atoms with Gasteiger partial charge >= 0.3 is 5.97 Å². The minimum Gasteiger partial charge on any atom is -0.462 e. The number of anilines is 1. The first-order chi connectivity index (χ1) is 10.6. The fourth-order valence-corrected chi connectivity index (χ4v) is 4.40. The van der Waals surface area contributed by atoms with E-state index in [0.717, 1.165) is 24.8 Å². The van der Waals surface area contributed by atoms with Crippen molar-refractivity contribution < 1.29 is 14.3 Å². The van der Waals surface area contributed by atoms with Crippen LogP contribution in [0.25, 0.3) is 0 Å². The minimum atomic E-state index is -0.305. The number of hydrogen-bond acceptors (Lipinski definition) is 4. The smallest absolute Gasteiger partial charge is 0.341 e. The molecule has 1 aromatic heterocycles. The summed E-state index contributed by atoms with van der Waals surface area (Å²) in [6, 6.07) is 0. The number of fused-ring (bicyclic) bond motifs is 1. The number of esters is 1. The molecule has 0 bridgehead atoms. The number of nitrogens with one attached hydrogen (secondary N) is 1. The quantitative estimate of drug-likeness (QED) is 0.799. The third kappa shape index (κ3) is 3.69. The van der Waals surface area contributed by atoms with Gasteiger partial charge in [0, 0.05) is 11.3 Å². The van der Waals surface area contributed by atoms with Crippen molar-refractivity contribution in [1.82, 2.24) is 0 Å².